The van der Waals surface area contributed by atoms with Crippen LogP contribution in [-0.2, 0) is 6.54 Å². The first-order valence-corrected chi connectivity index (χ1v) is 6.25. The molecular weight excluding hydrogens is 250 g/mol. The highest BCUT2D eigenvalue weighted by atomic mass is 32.1. The number of rotatable bonds is 4. The van der Waals surface area contributed by atoms with Crippen LogP contribution in [0.2, 0.25) is 0 Å². The van der Waals surface area contributed by atoms with Crippen LogP contribution >= 0.6 is 11.3 Å². The zero-order valence-electron chi connectivity index (χ0n) is 10.1. The second-order valence-electron chi connectivity index (χ2n) is 3.86. The average Bonchev–Trinajstić information content (AvgIpc) is 2.68. The van der Waals surface area contributed by atoms with E-state index in [1.165, 1.54) is 0 Å². The van der Waals surface area contributed by atoms with Gasteiger partial charge in [-0.15, -0.1) is 0 Å². The van der Waals surface area contributed by atoms with E-state index in [4.69, 9.17) is 5.11 Å². The molecule has 2 N–H and O–H groups in total. The summed E-state index contributed by atoms with van der Waals surface area (Å²) < 4.78 is 0. The number of aryl methyl sites for hydroxylation is 2. The van der Waals surface area contributed by atoms with Crippen molar-refractivity contribution in [3.8, 4) is 0 Å². The molecule has 0 saturated carbocycles. The number of aromatic carboxylic acids is 1. The summed E-state index contributed by atoms with van der Waals surface area (Å²) in [6, 6.07) is 5.78. The predicted molar refractivity (Wildman–Crippen MR) is 70.1 cm³/mol. The molecule has 0 spiro atoms. The molecule has 2 heterocycles. The van der Waals surface area contributed by atoms with Crippen LogP contribution in [0.4, 0.5) is 5.13 Å². The highest BCUT2D eigenvalue weighted by Gasteiger charge is 2.13. The van der Waals surface area contributed by atoms with E-state index in [-0.39, 0.29) is 4.88 Å². The second kappa shape index (κ2) is 5.14. The van der Waals surface area contributed by atoms with E-state index in [1.54, 1.807) is 6.92 Å². The van der Waals surface area contributed by atoms with Crippen molar-refractivity contribution in [1.82, 2.24) is 9.97 Å². The first kappa shape index (κ1) is 12.5. The van der Waals surface area contributed by atoms with Crippen molar-refractivity contribution in [2.45, 2.75) is 20.4 Å². The third kappa shape index (κ3) is 2.84. The lowest BCUT2D eigenvalue weighted by Gasteiger charge is -2.02. The lowest BCUT2D eigenvalue weighted by atomic mass is 10.3. The summed E-state index contributed by atoms with van der Waals surface area (Å²) in [5.41, 5.74) is 2.39. The zero-order chi connectivity index (χ0) is 13.1. The number of pyridine rings is 1. The van der Waals surface area contributed by atoms with Gasteiger partial charge in [0.2, 0.25) is 0 Å². The molecule has 0 saturated heterocycles. The number of thiazole rings is 1. The van der Waals surface area contributed by atoms with E-state index in [0.29, 0.717) is 17.4 Å². The van der Waals surface area contributed by atoms with E-state index >= 15 is 0 Å². The van der Waals surface area contributed by atoms with Gasteiger partial charge in [-0.05, 0) is 26.0 Å². The molecular formula is C12H13N3O2S. The Morgan fingerprint density at radius 3 is 2.78 bits per heavy atom. The molecule has 5 nitrogen and oxygen atoms in total. The molecule has 0 aliphatic heterocycles. The van der Waals surface area contributed by atoms with Gasteiger partial charge in [0.15, 0.2) is 5.13 Å². The van der Waals surface area contributed by atoms with Gasteiger partial charge in [0.25, 0.3) is 0 Å². The summed E-state index contributed by atoms with van der Waals surface area (Å²) >= 11 is 1.14. The van der Waals surface area contributed by atoms with Gasteiger partial charge >= 0.3 is 5.97 Å². The number of hydrogen-bond acceptors (Lipinski definition) is 5. The Balaban J connectivity index is 2.06. The predicted octanol–water partition coefficient (Wildman–Crippen LogP) is 2.47. The molecule has 0 unspecified atom stereocenters. The fraction of sp³-hybridized carbons (Fsp3) is 0.250. The van der Waals surface area contributed by atoms with Gasteiger partial charge in [-0.2, -0.15) is 0 Å². The maximum Gasteiger partial charge on any atom is 0.347 e. The number of aromatic nitrogens is 2. The van der Waals surface area contributed by atoms with Crippen molar-refractivity contribution in [1.29, 1.82) is 0 Å². The van der Waals surface area contributed by atoms with Crippen LogP contribution in [0.3, 0.4) is 0 Å². The summed E-state index contributed by atoms with van der Waals surface area (Å²) in [4.78, 5) is 19.7. The molecule has 0 aliphatic rings. The van der Waals surface area contributed by atoms with Crippen molar-refractivity contribution >= 4 is 22.4 Å². The van der Waals surface area contributed by atoms with Gasteiger partial charge < -0.3 is 10.4 Å². The molecule has 18 heavy (non-hydrogen) atoms. The number of carboxylic acid groups (broad SMARTS) is 1. The summed E-state index contributed by atoms with van der Waals surface area (Å²) in [6.07, 6.45) is 0. The lowest BCUT2D eigenvalue weighted by molar-refractivity contribution is 0.0701. The normalized spacial score (nSPS) is 10.3. The standard InChI is InChI=1S/C12H13N3O2S/c1-7-4-3-5-9(14-7)6-13-12-15-8(2)10(18-12)11(16)17/h3-5H,6H2,1-2H3,(H,13,15)(H,16,17). The first-order valence-electron chi connectivity index (χ1n) is 5.43. The van der Waals surface area contributed by atoms with Crippen LogP contribution in [0, 0.1) is 13.8 Å². The van der Waals surface area contributed by atoms with E-state index < -0.39 is 5.97 Å². The van der Waals surface area contributed by atoms with Gasteiger partial charge in [0.05, 0.1) is 17.9 Å². The van der Waals surface area contributed by atoms with Crippen molar-refractivity contribution in [3.05, 3.63) is 40.2 Å². The monoisotopic (exact) mass is 263 g/mol. The van der Waals surface area contributed by atoms with Crippen LogP contribution in [-0.4, -0.2) is 21.0 Å². The third-order valence-corrected chi connectivity index (χ3v) is 3.46. The number of carboxylic acids is 1. The SMILES string of the molecule is Cc1cccc(CNc2nc(C)c(C(=O)O)s2)n1. The summed E-state index contributed by atoms with van der Waals surface area (Å²) in [5, 5.41) is 12.6. The van der Waals surface area contributed by atoms with Crippen molar-refractivity contribution in [2.24, 2.45) is 0 Å². The highest BCUT2D eigenvalue weighted by Crippen LogP contribution is 2.22. The van der Waals surface area contributed by atoms with E-state index in [1.807, 2.05) is 25.1 Å². The molecule has 0 atom stereocenters. The average molecular weight is 263 g/mol. The van der Waals surface area contributed by atoms with Gasteiger partial charge in [-0.3, -0.25) is 4.98 Å². The molecule has 2 rings (SSSR count). The minimum absolute atomic E-state index is 0.273. The Hall–Kier alpha value is -1.95. The lowest BCUT2D eigenvalue weighted by Crippen LogP contribution is -2.01. The molecule has 2 aromatic rings. The summed E-state index contributed by atoms with van der Waals surface area (Å²) in [5.74, 6) is -0.938. The summed E-state index contributed by atoms with van der Waals surface area (Å²) in [7, 11) is 0. The van der Waals surface area contributed by atoms with Crippen LogP contribution in [0.15, 0.2) is 18.2 Å². The van der Waals surface area contributed by atoms with Crippen molar-refractivity contribution in [2.75, 3.05) is 5.32 Å². The quantitative estimate of drug-likeness (QED) is 0.886. The van der Waals surface area contributed by atoms with Gasteiger partial charge in [0.1, 0.15) is 4.88 Å². The molecule has 0 amide bonds. The smallest absolute Gasteiger partial charge is 0.347 e. The number of nitrogens with one attached hydrogen (secondary N) is 1. The molecule has 0 bridgehead atoms. The molecule has 0 aromatic carbocycles. The topological polar surface area (TPSA) is 75.1 Å². The summed E-state index contributed by atoms with van der Waals surface area (Å²) in [6.45, 7) is 4.16. The number of carbonyl (C=O) groups is 1. The Morgan fingerprint density at radius 2 is 2.17 bits per heavy atom. The Morgan fingerprint density at radius 1 is 1.39 bits per heavy atom. The van der Waals surface area contributed by atoms with Crippen LogP contribution in [0.25, 0.3) is 0 Å². The maximum atomic E-state index is 10.9. The van der Waals surface area contributed by atoms with E-state index in [0.717, 1.165) is 22.7 Å². The number of hydrogen-bond donors (Lipinski definition) is 2. The van der Waals surface area contributed by atoms with Gasteiger partial charge in [-0.1, -0.05) is 17.4 Å². The van der Waals surface area contributed by atoms with E-state index in [2.05, 4.69) is 15.3 Å². The third-order valence-electron chi connectivity index (χ3n) is 2.36. The van der Waals surface area contributed by atoms with Crippen molar-refractivity contribution in [3.63, 3.8) is 0 Å². The fourth-order valence-corrected chi connectivity index (χ4v) is 2.34. The Bertz CT molecular complexity index is 580. The molecule has 2 aromatic heterocycles. The fourth-order valence-electron chi connectivity index (χ4n) is 1.53. The molecule has 0 radical (unpaired) electrons. The van der Waals surface area contributed by atoms with Crippen LogP contribution < -0.4 is 5.32 Å². The highest BCUT2D eigenvalue weighted by molar-refractivity contribution is 7.17. The zero-order valence-corrected chi connectivity index (χ0v) is 10.9. The first-order chi connectivity index (χ1) is 8.56. The van der Waals surface area contributed by atoms with Crippen LogP contribution in [0.1, 0.15) is 26.8 Å². The number of anilines is 1. The Kier molecular flexibility index (Phi) is 3.57. The molecule has 94 valence electrons. The molecule has 0 aliphatic carbocycles. The van der Waals surface area contributed by atoms with Gasteiger partial charge in [0, 0.05) is 5.69 Å². The largest absolute Gasteiger partial charge is 0.477 e. The van der Waals surface area contributed by atoms with Crippen LogP contribution in [0.5, 0.6) is 0 Å². The van der Waals surface area contributed by atoms with Crippen molar-refractivity contribution < 1.29 is 9.90 Å². The second-order valence-corrected chi connectivity index (χ2v) is 4.86. The Labute approximate surface area is 109 Å². The minimum Gasteiger partial charge on any atom is -0.477 e. The van der Waals surface area contributed by atoms with E-state index in [9.17, 15) is 4.79 Å². The molecule has 0 fully saturated rings. The number of nitrogens with zero attached hydrogens (tertiary/aromatic N) is 2. The maximum absolute atomic E-state index is 10.9. The molecule has 6 heteroatoms. The minimum atomic E-state index is -0.938. The van der Waals surface area contributed by atoms with Gasteiger partial charge in [-0.25, -0.2) is 9.78 Å².